The van der Waals surface area contributed by atoms with E-state index in [1.54, 1.807) is 0 Å². The number of allylic oxidation sites excluding steroid dienone is 2. The quantitative estimate of drug-likeness (QED) is 0.683. The Kier molecular flexibility index (Phi) is 3.66. The highest BCUT2D eigenvalue weighted by molar-refractivity contribution is 5.90. The molecule has 1 N–H and O–H groups in total. The Morgan fingerprint density at radius 2 is 2.10 bits per heavy atom. The molecule has 112 valence electrons. The number of ether oxygens (including phenoxy) is 1. The number of hydrogen-bond donors (Lipinski definition) is 1. The minimum Gasteiger partial charge on any atom is -0.465 e. The average Bonchev–Trinajstić information content (AvgIpc) is 3.08. The van der Waals surface area contributed by atoms with Crippen LogP contribution in [0.25, 0.3) is 0 Å². The van der Waals surface area contributed by atoms with Gasteiger partial charge in [-0.3, -0.25) is 0 Å². The number of anilines is 1. The molecular weight excluding hydrogens is 276 g/mol. The predicted molar refractivity (Wildman–Crippen MR) is 75.0 cm³/mol. The highest BCUT2D eigenvalue weighted by Crippen LogP contribution is 2.43. The van der Waals surface area contributed by atoms with Gasteiger partial charge in [0.25, 0.3) is 0 Å². The summed E-state index contributed by atoms with van der Waals surface area (Å²) in [6, 6.07) is 1.90. The van der Waals surface area contributed by atoms with Gasteiger partial charge >= 0.3 is 5.97 Å². The summed E-state index contributed by atoms with van der Waals surface area (Å²) in [5.74, 6) is -0.757. The van der Waals surface area contributed by atoms with Crippen molar-refractivity contribution in [1.29, 1.82) is 0 Å². The first kappa shape index (κ1) is 14.0. The molecule has 0 aliphatic heterocycles. The highest BCUT2D eigenvalue weighted by Gasteiger charge is 2.35. The van der Waals surface area contributed by atoms with Crippen LogP contribution in [-0.2, 0) is 4.74 Å². The van der Waals surface area contributed by atoms with Crippen LogP contribution >= 0.6 is 0 Å². The SMILES string of the molecule is COC(=O)c1cc(NCC2CC3C=CC2C3)c(F)cc1F. The maximum absolute atomic E-state index is 13.8. The topological polar surface area (TPSA) is 38.3 Å². The van der Waals surface area contributed by atoms with Crippen LogP contribution in [0, 0.1) is 29.4 Å². The molecule has 3 unspecified atom stereocenters. The van der Waals surface area contributed by atoms with Gasteiger partial charge in [-0.25, -0.2) is 13.6 Å². The maximum atomic E-state index is 13.8. The van der Waals surface area contributed by atoms with Crippen molar-refractivity contribution in [3.63, 3.8) is 0 Å². The third kappa shape index (κ3) is 2.64. The van der Waals surface area contributed by atoms with E-state index in [-0.39, 0.29) is 11.3 Å². The first-order valence-electron chi connectivity index (χ1n) is 7.08. The van der Waals surface area contributed by atoms with Crippen molar-refractivity contribution in [2.45, 2.75) is 12.8 Å². The summed E-state index contributed by atoms with van der Waals surface area (Å²) in [4.78, 5) is 11.4. The molecule has 2 aliphatic rings. The Morgan fingerprint density at radius 3 is 2.71 bits per heavy atom. The number of hydrogen-bond acceptors (Lipinski definition) is 3. The number of nitrogens with one attached hydrogen (secondary N) is 1. The standard InChI is InChI=1S/C16H17F2NO2/c1-21-16(20)12-6-15(14(18)7-13(12)17)19-8-11-5-9-2-3-10(11)4-9/h2-3,6-7,9-11,19H,4-5,8H2,1H3. The second-order valence-electron chi connectivity index (χ2n) is 5.72. The van der Waals surface area contributed by atoms with Crippen molar-refractivity contribution in [3.05, 3.63) is 41.5 Å². The molecule has 3 rings (SSSR count). The highest BCUT2D eigenvalue weighted by atomic mass is 19.1. The first-order chi connectivity index (χ1) is 10.1. The molecular formula is C16H17F2NO2. The minimum atomic E-state index is -0.909. The van der Waals surface area contributed by atoms with Crippen LogP contribution < -0.4 is 5.32 Å². The lowest BCUT2D eigenvalue weighted by Crippen LogP contribution is -2.19. The van der Waals surface area contributed by atoms with Gasteiger partial charge in [-0.15, -0.1) is 0 Å². The van der Waals surface area contributed by atoms with Gasteiger partial charge in [0.15, 0.2) is 0 Å². The lowest BCUT2D eigenvalue weighted by atomic mass is 9.93. The van der Waals surface area contributed by atoms with Crippen LogP contribution in [0.3, 0.4) is 0 Å². The summed E-state index contributed by atoms with van der Waals surface area (Å²) in [5.41, 5.74) is -0.113. The van der Waals surface area contributed by atoms with Gasteiger partial charge in [0.05, 0.1) is 18.4 Å². The number of carbonyl (C=O) groups excluding carboxylic acids is 1. The zero-order valence-corrected chi connectivity index (χ0v) is 11.7. The van der Waals surface area contributed by atoms with Gasteiger partial charge in [0.1, 0.15) is 11.6 Å². The molecule has 1 saturated carbocycles. The molecule has 1 aromatic carbocycles. The van der Waals surface area contributed by atoms with Crippen LogP contribution in [-0.4, -0.2) is 19.6 Å². The van der Waals surface area contributed by atoms with Crippen molar-refractivity contribution >= 4 is 11.7 Å². The molecule has 21 heavy (non-hydrogen) atoms. The Hall–Kier alpha value is -1.91. The third-order valence-corrected chi connectivity index (χ3v) is 4.43. The van der Waals surface area contributed by atoms with Gasteiger partial charge in [-0.2, -0.15) is 0 Å². The van der Waals surface area contributed by atoms with E-state index in [0.717, 1.165) is 12.5 Å². The summed E-state index contributed by atoms with van der Waals surface area (Å²) in [7, 11) is 1.17. The molecule has 0 amide bonds. The summed E-state index contributed by atoms with van der Waals surface area (Å²) in [6.45, 7) is 0.620. The molecule has 2 bridgehead atoms. The van der Waals surface area contributed by atoms with Crippen molar-refractivity contribution < 1.29 is 18.3 Å². The second-order valence-corrected chi connectivity index (χ2v) is 5.72. The zero-order valence-electron chi connectivity index (χ0n) is 11.7. The number of fused-ring (bicyclic) bond motifs is 2. The van der Waals surface area contributed by atoms with E-state index < -0.39 is 17.6 Å². The largest absolute Gasteiger partial charge is 0.465 e. The van der Waals surface area contributed by atoms with E-state index in [0.29, 0.717) is 24.3 Å². The molecule has 5 heteroatoms. The smallest absolute Gasteiger partial charge is 0.340 e. The van der Waals surface area contributed by atoms with Crippen molar-refractivity contribution in [3.8, 4) is 0 Å². The molecule has 1 fully saturated rings. The number of esters is 1. The molecule has 0 radical (unpaired) electrons. The van der Waals surface area contributed by atoms with Gasteiger partial charge < -0.3 is 10.1 Å². The number of methoxy groups -OCH3 is 1. The molecule has 3 nitrogen and oxygen atoms in total. The Morgan fingerprint density at radius 1 is 1.29 bits per heavy atom. The number of carbonyl (C=O) groups is 1. The Labute approximate surface area is 122 Å². The van der Waals surface area contributed by atoms with Crippen molar-refractivity contribution in [2.24, 2.45) is 17.8 Å². The molecule has 2 aliphatic carbocycles. The van der Waals surface area contributed by atoms with Crippen molar-refractivity contribution in [1.82, 2.24) is 0 Å². The van der Waals surface area contributed by atoms with E-state index in [1.807, 2.05) is 0 Å². The number of rotatable bonds is 4. The Bertz CT molecular complexity index is 600. The number of halogens is 2. The summed E-state index contributed by atoms with van der Waals surface area (Å²) < 4.78 is 31.8. The van der Waals surface area contributed by atoms with Crippen LogP contribution in [0.5, 0.6) is 0 Å². The van der Waals surface area contributed by atoms with Gasteiger partial charge in [-0.05, 0) is 36.7 Å². The fraction of sp³-hybridized carbons (Fsp3) is 0.438. The van der Waals surface area contributed by atoms with E-state index in [4.69, 9.17) is 0 Å². The zero-order chi connectivity index (χ0) is 15.0. The number of benzene rings is 1. The predicted octanol–water partition coefficient (Wildman–Crippen LogP) is 3.38. The van der Waals surface area contributed by atoms with E-state index in [2.05, 4.69) is 22.2 Å². The fourth-order valence-electron chi connectivity index (χ4n) is 3.32. The van der Waals surface area contributed by atoms with Crippen LogP contribution in [0.2, 0.25) is 0 Å². The van der Waals surface area contributed by atoms with E-state index >= 15 is 0 Å². The molecule has 0 spiro atoms. The first-order valence-corrected chi connectivity index (χ1v) is 7.08. The lowest BCUT2D eigenvalue weighted by Gasteiger charge is -2.19. The molecule has 0 heterocycles. The monoisotopic (exact) mass is 293 g/mol. The summed E-state index contributed by atoms with van der Waals surface area (Å²) in [5, 5.41) is 3.00. The summed E-state index contributed by atoms with van der Waals surface area (Å²) in [6.07, 6.45) is 6.74. The normalized spacial score (nSPS) is 26.1. The second kappa shape index (κ2) is 5.47. The van der Waals surface area contributed by atoms with E-state index in [1.165, 1.54) is 19.6 Å². The van der Waals surface area contributed by atoms with Gasteiger partial charge in [0, 0.05) is 12.6 Å². The molecule has 0 saturated heterocycles. The third-order valence-electron chi connectivity index (χ3n) is 4.43. The maximum Gasteiger partial charge on any atom is 0.340 e. The van der Waals surface area contributed by atoms with Crippen LogP contribution in [0.15, 0.2) is 24.3 Å². The Balaban J connectivity index is 1.73. The van der Waals surface area contributed by atoms with Gasteiger partial charge in [0.2, 0.25) is 0 Å². The average molecular weight is 293 g/mol. The minimum absolute atomic E-state index is 0.142. The van der Waals surface area contributed by atoms with Crippen molar-refractivity contribution in [2.75, 3.05) is 19.0 Å². The molecule has 1 aromatic rings. The molecule has 0 aromatic heterocycles. The van der Waals surface area contributed by atoms with E-state index in [9.17, 15) is 13.6 Å². The molecule has 3 atom stereocenters. The van der Waals surface area contributed by atoms with Gasteiger partial charge in [-0.1, -0.05) is 12.2 Å². The van der Waals surface area contributed by atoms with Crippen LogP contribution in [0.4, 0.5) is 14.5 Å². The van der Waals surface area contributed by atoms with Crippen LogP contribution in [0.1, 0.15) is 23.2 Å². The summed E-state index contributed by atoms with van der Waals surface area (Å²) >= 11 is 0. The fourth-order valence-corrected chi connectivity index (χ4v) is 3.32. The lowest BCUT2D eigenvalue weighted by molar-refractivity contribution is 0.0595.